The van der Waals surface area contributed by atoms with Crippen LogP contribution < -0.4 is 11.3 Å². The van der Waals surface area contributed by atoms with Crippen LogP contribution in [-0.4, -0.2) is 24.5 Å². The van der Waals surface area contributed by atoms with Crippen LogP contribution in [0.4, 0.5) is 0 Å². The molecule has 3 atom stereocenters. The SMILES string of the molecule is Cc1ccc(C(NN)C2(N(C)C)CCCC(C)C2)s1. The van der Waals surface area contributed by atoms with Crippen molar-refractivity contribution in [3.8, 4) is 0 Å². The average molecular weight is 281 g/mol. The lowest BCUT2D eigenvalue weighted by molar-refractivity contribution is 0.0378. The summed E-state index contributed by atoms with van der Waals surface area (Å²) in [6.07, 6.45) is 5.07. The van der Waals surface area contributed by atoms with Gasteiger partial charge >= 0.3 is 0 Å². The highest BCUT2D eigenvalue weighted by Gasteiger charge is 2.44. The molecule has 1 aromatic heterocycles. The van der Waals surface area contributed by atoms with Crippen LogP contribution in [0.5, 0.6) is 0 Å². The van der Waals surface area contributed by atoms with Gasteiger partial charge in [-0.05, 0) is 51.9 Å². The number of nitrogens with zero attached hydrogens (tertiary/aromatic N) is 1. The lowest BCUT2D eigenvalue weighted by Crippen LogP contribution is -2.57. The third-order valence-corrected chi connectivity index (χ3v) is 5.71. The standard InChI is InChI=1S/C15H27N3S/c1-11-6-5-9-15(10-11,18(3)4)14(17-16)13-8-7-12(2)19-13/h7-8,11,14,17H,5-6,9-10,16H2,1-4H3. The summed E-state index contributed by atoms with van der Waals surface area (Å²) in [5.41, 5.74) is 3.26. The van der Waals surface area contributed by atoms with Crippen molar-refractivity contribution in [1.82, 2.24) is 10.3 Å². The van der Waals surface area contributed by atoms with Crippen LogP contribution in [0.3, 0.4) is 0 Å². The van der Waals surface area contributed by atoms with Gasteiger partial charge in [0, 0.05) is 15.3 Å². The summed E-state index contributed by atoms with van der Waals surface area (Å²) >= 11 is 1.86. The molecule has 1 aromatic rings. The minimum Gasteiger partial charge on any atom is -0.302 e. The van der Waals surface area contributed by atoms with Gasteiger partial charge in [-0.2, -0.15) is 0 Å². The number of rotatable bonds is 4. The Morgan fingerprint density at radius 3 is 2.68 bits per heavy atom. The largest absolute Gasteiger partial charge is 0.302 e. The van der Waals surface area contributed by atoms with Gasteiger partial charge in [-0.15, -0.1) is 11.3 Å². The molecule has 1 fully saturated rings. The van der Waals surface area contributed by atoms with Crippen LogP contribution in [0.15, 0.2) is 12.1 Å². The van der Waals surface area contributed by atoms with Crippen LogP contribution in [0.1, 0.15) is 48.4 Å². The van der Waals surface area contributed by atoms with Gasteiger partial charge in [0.25, 0.3) is 0 Å². The Morgan fingerprint density at radius 1 is 1.47 bits per heavy atom. The molecule has 19 heavy (non-hydrogen) atoms. The maximum absolute atomic E-state index is 5.94. The lowest BCUT2D eigenvalue weighted by atomic mass is 9.71. The molecule has 0 spiro atoms. The Hall–Kier alpha value is -0.420. The molecule has 3 N–H and O–H groups in total. The van der Waals surface area contributed by atoms with Gasteiger partial charge in [0.1, 0.15) is 0 Å². The Bertz CT molecular complexity index is 415. The molecule has 4 heteroatoms. The molecule has 0 aliphatic heterocycles. The molecule has 0 saturated heterocycles. The number of hydrogen-bond donors (Lipinski definition) is 2. The fraction of sp³-hybridized carbons (Fsp3) is 0.733. The maximum atomic E-state index is 5.94. The second-order valence-electron chi connectivity index (χ2n) is 6.25. The first-order valence-electron chi connectivity index (χ1n) is 7.19. The van der Waals surface area contributed by atoms with Gasteiger partial charge in [-0.25, -0.2) is 0 Å². The van der Waals surface area contributed by atoms with Crippen molar-refractivity contribution in [1.29, 1.82) is 0 Å². The summed E-state index contributed by atoms with van der Waals surface area (Å²) in [4.78, 5) is 5.11. The van der Waals surface area contributed by atoms with Crippen molar-refractivity contribution < 1.29 is 0 Å². The third-order valence-electron chi connectivity index (χ3n) is 4.65. The van der Waals surface area contributed by atoms with Crippen LogP contribution in [0, 0.1) is 12.8 Å². The van der Waals surface area contributed by atoms with Crippen molar-refractivity contribution >= 4 is 11.3 Å². The normalized spacial score (nSPS) is 29.7. The summed E-state index contributed by atoms with van der Waals surface area (Å²) in [5.74, 6) is 6.71. The van der Waals surface area contributed by atoms with Gasteiger partial charge in [0.05, 0.1) is 6.04 Å². The molecule has 2 rings (SSSR count). The molecule has 3 nitrogen and oxygen atoms in total. The quantitative estimate of drug-likeness (QED) is 0.658. The van der Waals surface area contributed by atoms with E-state index in [1.165, 1.54) is 35.4 Å². The molecule has 1 heterocycles. The maximum Gasteiger partial charge on any atom is 0.0736 e. The van der Waals surface area contributed by atoms with E-state index in [4.69, 9.17) is 5.84 Å². The van der Waals surface area contributed by atoms with Crippen LogP contribution in [0.2, 0.25) is 0 Å². The summed E-state index contributed by atoms with van der Waals surface area (Å²) < 4.78 is 0. The van der Waals surface area contributed by atoms with Gasteiger partial charge in [-0.3, -0.25) is 11.3 Å². The van der Waals surface area contributed by atoms with Crippen LogP contribution in [-0.2, 0) is 0 Å². The summed E-state index contributed by atoms with van der Waals surface area (Å²) in [6.45, 7) is 4.53. The monoisotopic (exact) mass is 281 g/mol. The molecule has 108 valence electrons. The first-order valence-corrected chi connectivity index (χ1v) is 8.01. The minimum atomic E-state index is 0.143. The van der Waals surface area contributed by atoms with Gasteiger partial charge in [0.2, 0.25) is 0 Å². The van der Waals surface area contributed by atoms with Crippen molar-refractivity contribution in [2.24, 2.45) is 11.8 Å². The number of aryl methyl sites for hydroxylation is 1. The molecular formula is C15H27N3S. The third kappa shape index (κ3) is 2.87. The topological polar surface area (TPSA) is 41.3 Å². The molecule has 0 aromatic carbocycles. The highest BCUT2D eigenvalue weighted by Crippen LogP contribution is 2.45. The number of hydrazine groups is 1. The molecule has 0 radical (unpaired) electrons. The molecule has 3 unspecified atom stereocenters. The molecular weight excluding hydrogens is 254 g/mol. The van der Waals surface area contributed by atoms with E-state index in [-0.39, 0.29) is 11.6 Å². The van der Waals surface area contributed by atoms with Gasteiger partial charge in [-0.1, -0.05) is 19.8 Å². The Morgan fingerprint density at radius 2 is 2.21 bits per heavy atom. The van der Waals surface area contributed by atoms with Crippen LogP contribution in [0.25, 0.3) is 0 Å². The van der Waals surface area contributed by atoms with E-state index >= 15 is 0 Å². The first kappa shape index (κ1) is 15.0. The van der Waals surface area contributed by atoms with Crippen LogP contribution >= 0.6 is 11.3 Å². The highest BCUT2D eigenvalue weighted by atomic mass is 32.1. The van der Waals surface area contributed by atoms with Gasteiger partial charge in [0.15, 0.2) is 0 Å². The number of thiophene rings is 1. The van der Waals surface area contributed by atoms with E-state index in [9.17, 15) is 0 Å². The van der Waals surface area contributed by atoms with Gasteiger partial charge < -0.3 is 4.90 Å². The number of nitrogens with one attached hydrogen (secondary N) is 1. The molecule has 1 saturated carbocycles. The Kier molecular flexibility index (Phi) is 4.66. The van der Waals surface area contributed by atoms with E-state index in [0.29, 0.717) is 0 Å². The molecule has 0 bridgehead atoms. The summed E-state index contributed by atoms with van der Waals surface area (Å²) in [7, 11) is 4.39. The second-order valence-corrected chi connectivity index (χ2v) is 7.57. The van der Waals surface area contributed by atoms with Crippen molar-refractivity contribution in [2.45, 2.75) is 51.1 Å². The summed E-state index contributed by atoms with van der Waals surface area (Å²) in [6, 6.07) is 4.65. The second kappa shape index (κ2) is 5.92. The number of hydrogen-bond acceptors (Lipinski definition) is 4. The van der Waals surface area contributed by atoms with Crippen molar-refractivity contribution in [3.63, 3.8) is 0 Å². The fourth-order valence-electron chi connectivity index (χ4n) is 3.60. The predicted octanol–water partition coefficient (Wildman–Crippen LogP) is 3.07. The van der Waals surface area contributed by atoms with E-state index in [1.807, 2.05) is 11.3 Å². The number of likely N-dealkylation sites (N-methyl/N-ethyl adjacent to an activating group) is 1. The molecule has 1 aliphatic rings. The van der Waals surface area contributed by atoms with E-state index in [2.05, 4.69) is 50.4 Å². The molecule has 0 amide bonds. The first-order chi connectivity index (χ1) is 8.99. The zero-order valence-electron chi connectivity index (χ0n) is 12.6. The molecule has 1 aliphatic carbocycles. The van der Waals surface area contributed by atoms with Crippen molar-refractivity contribution in [2.75, 3.05) is 14.1 Å². The smallest absolute Gasteiger partial charge is 0.0736 e. The Labute approximate surface area is 121 Å². The fourth-order valence-corrected chi connectivity index (χ4v) is 4.65. The zero-order chi connectivity index (χ0) is 14.0. The van der Waals surface area contributed by atoms with Crippen molar-refractivity contribution in [3.05, 3.63) is 21.9 Å². The lowest BCUT2D eigenvalue weighted by Gasteiger charge is -2.49. The highest BCUT2D eigenvalue weighted by molar-refractivity contribution is 7.12. The van der Waals surface area contributed by atoms with E-state index in [0.717, 1.165) is 5.92 Å². The number of nitrogens with two attached hydrogens (primary N) is 1. The minimum absolute atomic E-state index is 0.143. The summed E-state index contributed by atoms with van der Waals surface area (Å²) in [5, 5.41) is 0. The van der Waals surface area contributed by atoms with E-state index < -0.39 is 0 Å². The predicted molar refractivity (Wildman–Crippen MR) is 83.2 cm³/mol. The Balaban J connectivity index is 2.35. The average Bonchev–Trinajstić information content (AvgIpc) is 2.76. The van der Waals surface area contributed by atoms with E-state index in [1.54, 1.807) is 0 Å². The zero-order valence-corrected chi connectivity index (χ0v) is 13.4.